The molecule has 2 rings (SSSR count). The second kappa shape index (κ2) is 8.06. The third kappa shape index (κ3) is 4.33. The fraction of sp³-hybridized carbons (Fsp3) is 0.353. The standard InChI is InChI=1S/C17H19NO6S/c1-10(2)24-15-11(6-5-7-12(15)22-3)8-13-16(20)18(17(21)25-13)9-14(19)23-4/h5-8,10H,9H2,1-4H3/b13-8-. The number of thioether (sulfide) groups is 1. The maximum Gasteiger partial charge on any atom is 0.325 e. The average Bonchev–Trinajstić information content (AvgIpc) is 2.83. The first-order valence-electron chi connectivity index (χ1n) is 7.53. The van der Waals surface area contributed by atoms with E-state index in [0.29, 0.717) is 17.1 Å². The number of hydrogen-bond acceptors (Lipinski definition) is 7. The maximum absolute atomic E-state index is 12.4. The molecule has 0 N–H and O–H groups in total. The highest BCUT2D eigenvalue weighted by Gasteiger charge is 2.36. The minimum absolute atomic E-state index is 0.0992. The largest absolute Gasteiger partial charge is 0.493 e. The number of amides is 2. The molecule has 25 heavy (non-hydrogen) atoms. The Bertz CT molecular complexity index is 728. The van der Waals surface area contributed by atoms with Crippen LogP contribution in [0.5, 0.6) is 11.5 Å². The van der Waals surface area contributed by atoms with Gasteiger partial charge in [-0.2, -0.15) is 0 Å². The van der Waals surface area contributed by atoms with E-state index < -0.39 is 23.7 Å². The van der Waals surface area contributed by atoms with Crippen LogP contribution in [0, 0.1) is 0 Å². The van der Waals surface area contributed by atoms with Crippen LogP contribution in [0.2, 0.25) is 0 Å². The number of benzene rings is 1. The van der Waals surface area contributed by atoms with Crippen molar-refractivity contribution in [2.75, 3.05) is 20.8 Å². The smallest absolute Gasteiger partial charge is 0.325 e. The van der Waals surface area contributed by atoms with E-state index in [-0.39, 0.29) is 11.0 Å². The Morgan fingerprint density at radius 1 is 1.28 bits per heavy atom. The number of rotatable bonds is 6. The second-order valence-electron chi connectivity index (χ2n) is 5.39. The zero-order chi connectivity index (χ0) is 18.6. The molecule has 0 atom stereocenters. The molecular weight excluding hydrogens is 346 g/mol. The molecule has 0 aliphatic carbocycles. The molecular formula is C17H19NO6S. The molecule has 1 fully saturated rings. The van der Waals surface area contributed by atoms with Gasteiger partial charge >= 0.3 is 5.97 Å². The van der Waals surface area contributed by atoms with Gasteiger partial charge < -0.3 is 14.2 Å². The number of para-hydroxylation sites is 1. The number of imide groups is 1. The van der Waals surface area contributed by atoms with Gasteiger partial charge in [0.05, 0.1) is 25.2 Å². The number of carbonyl (C=O) groups excluding carboxylic acids is 3. The van der Waals surface area contributed by atoms with Crippen molar-refractivity contribution in [1.29, 1.82) is 0 Å². The number of ether oxygens (including phenoxy) is 3. The molecule has 0 unspecified atom stereocenters. The van der Waals surface area contributed by atoms with Crippen LogP contribution >= 0.6 is 11.8 Å². The van der Waals surface area contributed by atoms with Crippen molar-refractivity contribution in [2.45, 2.75) is 20.0 Å². The van der Waals surface area contributed by atoms with Gasteiger partial charge in [-0.05, 0) is 37.8 Å². The highest BCUT2D eigenvalue weighted by atomic mass is 32.2. The first-order valence-corrected chi connectivity index (χ1v) is 8.34. The molecule has 1 aliphatic heterocycles. The average molecular weight is 365 g/mol. The van der Waals surface area contributed by atoms with E-state index in [1.807, 2.05) is 13.8 Å². The lowest BCUT2D eigenvalue weighted by molar-refractivity contribution is -0.143. The minimum Gasteiger partial charge on any atom is -0.493 e. The summed E-state index contributed by atoms with van der Waals surface area (Å²) in [4.78, 5) is 36.8. The van der Waals surface area contributed by atoms with Gasteiger partial charge in [0, 0.05) is 5.56 Å². The summed E-state index contributed by atoms with van der Waals surface area (Å²) >= 11 is 0.765. The summed E-state index contributed by atoms with van der Waals surface area (Å²) < 4.78 is 15.6. The van der Waals surface area contributed by atoms with Crippen molar-refractivity contribution in [3.05, 3.63) is 28.7 Å². The Hall–Kier alpha value is -2.48. The molecule has 1 heterocycles. The summed E-state index contributed by atoms with van der Waals surface area (Å²) in [6, 6.07) is 5.27. The Kier molecular flexibility index (Phi) is 6.08. The molecule has 1 aromatic carbocycles. The third-order valence-electron chi connectivity index (χ3n) is 3.26. The van der Waals surface area contributed by atoms with Gasteiger partial charge in [0.2, 0.25) is 0 Å². The van der Waals surface area contributed by atoms with E-state index in [9.17, 15) is 14.4 Å². The van der Waals surface area contributed by atoms with Gasteiger partial charge in [0.1, 0.15) is 6.54 Å². The summed E-state index contributed by atoms with van der Waals surface area (Å²) in [5, 5.41) is -0.518. The Balaban J connectivity index is 2.36. The quantitative estimate of drug-likeness (QED) is 0.566. The van der Waals surface area contributed by atoms with E-state index in [2.05, 4.69) is 4.74 Å². The summed E-state index contributed by atoms with van der Waals surface area (Å²) in [7, 11) is 2.72. The van der Waals surface area contributed by atoms with E-state index in [0.717, 1.165) is 16.7 Å². The summed E-state index contributed by atoms with van der Waals surface area (Å²) in [6.07, 6.45) is 1.46. The second-order valence-corrected chi connectivity index (χ2v) is 6.38. The first kappa shape index (κ1) is 18.9. The third-order valence-corrected chi connectivity index (χ3v) is 4.17. The molecule has 0 radical (unpaired) electrons. The number of esters is 1. The van der Waals surface area contributed by atoms with Crippen molar-refractivity contribution in [3.8, 4) is 11.5 Å². The van der Waals surface area contributed by atoms with Crippen molar-refractivity contribution in [2.24, 2.45) is 0 Å². The molecule has 0 saturated carbocycles. The fourth-order valence-corrected chi connectivity index (χ4v) is 2.97. The zero-order valence-corrected chi connectivity index (χ0v) is 15.2. The van der Waals surface area contributed by atoms with Crippen molar-refractivity contribution in [1.82, 2.24) is 4.90 Å². The normalized spacial score (nSPS) is 15.9. The van der Waals surface area contributed by atoms with Crippen molar-refractivity contribution in [3.63, 3.8) is 0 Å². The van der Waals surface area contributed by atoms with E-state index in [1.54, 1.807) is 24.3 Å². The number of nitrogens with zero attached hydrogens (tertiary/aromatic N) is 1. The van der Waals surface area contributed by atoms with Gasteiger partial charge in [0.25, 0.3) is 11.1 Å². The molecule has 0 bridgehead atoms. The highest BCUT2D eigenvalue weighted by Crippen LogP contribution is 2.37. The molecule has 134 valence electrons. The number of carbonyl (C=O) groups is 3. The SMILES string of the molecule is COC(=O)CN1C(=O)S/C(=C\c2cccc(OC)c2OC(C)C)C1=O. The lowest BCUT2D eigenvalue weighted by Crippen LogP contribution is -2.34. The summed E-state index contributed by atoms with van der Waals surface area (Å²) in [5.41, 5.74) is 0.608. The van der Waals surface area contributed by atoms with Crippen molar-refractivity contribution < 1.29 is 28.6 Å². The highest BCUT2D eigenvalue weighted by molar-refractivity contribution is 8.18. The lowest BCUT2D eigenvalue weighted by Gasteiger charge is -2.16. The molecule has 0 spiro atoms. The molecule has 1 saturated heterocycles. The van der Waals surface area contributed by atoms with Crippen LogP contribution in [-0.2, 0) is 14.3 Å². The molecule has 0 aromatic heterocycles. The Labute approximate surface area is 149 Å². The van der Waals surface area contributed by atoms with Crippen LogP contribution in [0.1, 0.15) is 19.4 Å². The van der Waals surface area contributed by atoms with Crippen LogP contribution < -0.4 is 9.47 Å². The maximum atomic E-state index is 12.4. The van der Waals surface area contributed by atoms with E-state index in [1.165, 1.54) is 14.2 Å². The zero-order valence-electron chi connectivity index (χ0n) is 14.4. The monoisotopic (exact) mass is 365 g/mol. The molecule has 2 amide bonds. The number of hydrogen-bond donors (Lipinski definition) is 0. The van der Waals surface area contributed by atoms with E-state index in [4.69, 9.17) is 9.47 Å². The molecule has 7 nitrogen and oxygen atoms in total. The van der Waals surface area contributed by atoms with Gasteiger partial charge in [-0.3, -0.25) is 19.3 Å². The van der Waals surface area contributed by atoms with Gasteiger partial charge in [-0.15, -0.1) is 0 Å². The molecule has 1 aromatic rings. The van der Waals surface area contributed by atoms with Crippen LogP contribution in [0.25, 0.3) is 6.08 Å². The van der Waals surface area contributed by atoms with Gasteiger partial charge in [0.15, 0.2) is 11.5 Å². The van der Waals surface area contributed by atoms with Crippen LogP contribution in [0.4, 0.5) is 4.79 Å². The van der Waals surface area contributed by atoms with Gasteiger partial charge in [-0.25, -0.2) is 0 Å². The first-order chi connectivity index (χ1) is 11.9. The molecule has 1 aliphatic rings. The minimum atomic E-state index is -0.659. The number of methoxy groups -OCH3 is 2. The predicted octanol–water partition coefficient (Wildman–Crippen LogP) is 2.69. The fourth-order valence-electron chi connectivity index (χ4n) is 2.14. The summed E-state index contributed by atoms with van der Waals surface area (Å²) in [6.45, 7) is 3.34. The van der Waals surface area contributed by atoms with E-state index >= 15 is 0 Å². The van der Waals surface area contributed by atoms with Crippen molar-refractivity contribution >= 4 is 35.0 Å². The van der Waals surface area contributed by atoms with Crippen LogP contribution in [0.3, 0.4) is 0 Å². The van der Waals surface area contributed by atoms with Gasteiger partial charge in [-0.1, -0.05) is 12.1 Å². The Morgan fingerprint density at radius 2 is 2.00 bits per heavy atom. The molecule has 8 heteroatoms. The topological polar surface area (TPSA) is 82.1 Å². The van der Waals surface area contributed by atoms with Crippen LogP contribution in [0.15, 0.2) is 23.1 Å². The van der Waals surface area contributed by atoms with Crippen LogP contribution in [-0.4, -0.2) is 48.9 Å². The summed E-state index contributed by atoms with van der Waals surface area (Å²) in [5.74, 6) is -0.191. The lowest BCUT2D eigenvalue weighted by atomic mass is 10.1. The predicted molar refractivity (Wildman–Crippen MR) is 93.5 cm³/mol. The Morgan fingerprint density at radius 3 is 2.60 bits per heavy atom.